The van der Waals surface area contributed by atoms with Gasteiger partial charge >= 0.3 is 5.97 Å². The van der Waals surface area contributed by atoms with E-state index < -0.39 is 5.97 Å². The van der Waals surface area contributed by atoms with Crippen LogP contribution in [0.15, 0.2) is 18.2 Å². The summed E-state index contributed by atoms with van der Waals surface area (Å²) in [7, 11) is 1.26. The molecule has 0 aromatic heterocycles. The number of nitrogens with two attached hydrogens (primary N) is 1. The Kier molecular flexibility index (Phi) is 3.05. The van der Waals surface area contributed by atoms with Crippen LogP contribution in [0.25, 0.3) is 0 Å². The summed E-state index contributed by atoms with van der Waals surface area (Å²) in [6.45, 7) is 0. The van der Waals surface area contributed by atoms with E-state index in [4.69, 9.17) is 11.1 Å². The minimum absolute atomic E-state index is 0.199. The highest BCUT2D eigenvalue weighted by Crippen LogP contribution is 2.15. The molecular weight excluding hydrogens is 182 g/mol. The Morgan fingerprint density at radius 2 is 2.36 bits per heavy atom. The molecular formula is C9H9N3O2. The molecule has 0 unspecified atom stereocenters. The van der Waals surface area contributed by atoms with E-state index in [1.54, 1.807) is 6.07 Å². The predicted molar refractivity (Wildman–Crippen MR) is 50.3 cm³/mol. The maximum Gasteiger partial charge on any atom is 0.339 e. The summed E-state index contributed by atoms with van der Waals surface area (Å²) in [6, 6.07) is 6.46. The molecule has 1 aromatic carbocycles. The molecule has 0 heterocycles. The van der Waals surface area contributed by atoms with Crippen molar-refractivity contribution < 1.29 is 9.53 Å². The zero-order valence-electron chi connectivity index (χ0n) is 7.57. The maximum absolute atomic E-state index is 11.2. The number of carbonyl (C=O) groups excluding carboxylic acids is 1. The van der Waals surface area contributed by atoms with Gasteiger partial charge in [0, 0.05) is 5.69 Å². The summed E-state index contributed by atoms with van der Waals surface area (Å²) in [5.74, 6) is 4.61. The highest BCUT2D eigenvalue weighted by molar-refractivity contribution is 5.93. The first kappa shape index (κ1) is 10.0. The van der Waals surface area contributed by atoms with Crippen molar-refractivity contribution in [1.82, 2.24) is 0 Å². The lowest BCUT2D eigenvalue weighted by molar-refractivity contribution is 0.0600. The number of ether oxygens (including phenoxy) is 1. The molecule has 0 bridgehead atoms. The minimum atomic E-state index is -0.557. The van der Waals surface area contributed by atoms with Gasteiger partial charge in [0.25, 0.3) is 0 Å². The molecule has 5 heteroatoms. The molecule has 0 aliphatic heterocycles. The summed E-state index contributed by atoms with van der Waals surface area (Å²) in [5, 5.41) is 8.72. The number of nitrogens with zero attached hydrogens (tertiary/aromatic N) is 1. The number of carbonyl (C=O) groups is 1. The van der Waals surface area contributed by atoms with Crippen LogP contribution in [0, 0.1) is 11.3 Å². The number of anilines is 1. The van der Waals surface area contributed by atoms with Crippen LogP contribution in [0.1, 0.15) is 15.9 Å². The van der Waals surface area contributed by atoms with Crippen LogP contribution >= 0.6 is 0 Å². The van der Waals surface area contributed by atoms with E-state index in [1.807, 2.05) is 6.07 Å². The number of nitriles is 1. The Morgan fingerprint density at radius 3 is 2.86 bits per heavy atom. The quantitative estimate of drug-likeness (QED) is 0.406. The number of rotatable bonds is 2. The summed E-state index contributed by atoms with van der Waals surface area (Å²) in [6.07, 6.45) is 0. The van der Waals surface area contributed by atoms with Gasteiger partial charge in [-0.1, -0.05) is 0 Å². The third-order valence-corrected chi connectivity index (χ3v) is 1.71. The van der Waals surface area contributed by atoms with Crippen LogP contribution in [0.5, 0.6) is 0 Å². The first-order valence-electron chi connectivity index (χ1n) is 3.82. The number of hydrazine groups is 1. The van der Waals surface area contributed by atoms with E-state index in [-0.39, 0.29) is 11.1 Å². The van der Waals surface area contributed by atoms with Gasteiger partial charge in [0.05, 0.1) is 18.2 Å². The second kappa shape index (κ2) is 4.25. The first-order valence-corrected chi connectivity index (χ1v) is 3.82. The van der Waals surface area contributed by atoms with E-state index in [0.717, 1.165) is 0 Å². The van der Waals surface area contributed by atoms with Crippen molar-refractivity contribution in [2.24, 2.45) is 5.84 Å². The van der Waals surface area contributed by atoms with E-state index in [9.17, 15) is 4.79 Å². The molecule has 1 aromatic rings. The van der Waals surface area contributed by atoms with E-state index >= 15 is 0 Å². The number of nitrogens with one attached hydrogen (secondary N) is 1. The molecule has 0 atom stereocenters. The SMILES string of the molecule is COC(=O)c1cc(NN)ccc1C#N. The van der Waals surface area contributed by atoms with Gasteiger partial charge in [-0.3, -0.25) is 5.84 Å². The van der Waals surface area contributed by atoms with Crippen LogP contribution in [0.2, 0.25) is 0 Å². The Balaban J connectivity index is 3.23. The standard InChI is InChI=1S/C9H9N3O2/c1-14-9(13)8-4-7(12-11)3-2-6(8)5-10/h2-4,12H,11H2,1H3. The van der Waals surface area contributed by atoms with Crippen molar-refractivity contribution in [2.45, 2.75) is 0 Å². The van der Waals surface area contributed by atoms with Crippen molar-refractivity contribution in [3.05, 3.63) is 29.3 Å². The largest absolute Gasteiger partial charge is 0.465 e. The van der Waals surface area contributed by atoms with Crippen LogP contribution in [0.4, 0.5) is 5.69 Å². The van der Waals surface area contributed by atoms with Gasteiger partial charge in [-0.2, -0.15) is 5.26 Å². The summed E-state index contributed by atoms with van der Waals surface area (Å²) in [5.41, 5.74) is 3.39. The molecule has 0 fully saturated rings. The minimum Gasteiger partial charge on any atom is -0.465 e. The topological polar surface area (TPSA) is 88.1 Å². The number of esters is 1. The molecule has 0 aliphatic rings. The van der Waals surface area contributed by atoms with Gasteiger partial charge in [-0.05, 0) is 18.2 Å². The summed E-state index contributed by atoms with van der Waals surface area (Å²) in [4.78, 5) is 11.2. The molecule has 0 radical (unpaired) electrons. The molecule has 1 rings (SSSR count). The number of benzene rings is 1. The number of hydrogen-bond acceptors (Lipinski definition) is 5. The highest BCUT2D eigenvalue weighted by Gasteiger charge is 2.11. The van der Waals surface area contributed by atoms with E-state index in [1.165, 1.54) is 19.2 Å². The monoisotopic (exact) mass is 191 g/mol. The Hall–Kier alpha value is -2.06. The van der Waals surface area contributed by atoms with Crippen LogP contribution in [0.3, 0.4) is 0 Å². The van der Waals surface area contributed by atoms with E-state index in [2.05, 4.69) is 10.2 Å². The van der Waals surface area contributed by atoms with Crippen LogP contribution in [-0.4, -0.2) is 13.1 Å². The molecule has 3 N–H and O–H groups in total. The van der Waals surface area contributed by atoms with Gasteiger partial charge in [-0.15, -0.1) is 0 Å². The van der Waals surface area contributed by atoms with Crippen LogP contribution in [-0.2, 0) is 4.74 Å². The number of hydrogen-bond donors (Lipinski definition) is 2. The average molecular weight is 191 g/mol. The zero-order chi connectivity index (χ0) is 10.6. The molecule has 0 spiro atoms. The van der Waals surface area contributed by atoms with Gasteiger partial charge in [0.1, 0.15) is 6.07 Å². The molecule has 0 saturated carbocycles. The van der Waals surface area contributed by atoms with Gasteiger partial charge < -0.3 is 10.2 Å². The molecule has 0 saturated heterocycles. The van der Waals surface area contributed by atoms with Crippen molar-refractivity contribution in [1.29, 1.82) is 5.26 Å². The fourth-order valence-corrected chi connectivity index (χ4v) is 1.01. The third kappa shape index (κ3) is 1.81. The molecule has 0 aliphatic carbocycles. The second-order valence-corrected chi connectivity index (χ2v) is 2.51. The van der Waals surface area contributed by atoms with Gasteiger partial charge in [0.15, 0.2) is 0 Å². The lowest BCUT2D eigenvalue weighted by Gasteiger charge is -2.04. The third-order valence-electron chi connectivity index (χ3n) is 1.71. The van der Waals surface area contributed by atoms with Crippen molar-refractivity contribution in [3.63, 3.8) is 0 Å². The number of nitrogen functional groups attached to an aromatic ring is 1. The van der Waals surface area contributed by atoms with Crippen molar-refractivity contribution in [3.8, 4) is 6.07 Å². The van der Waals surface area contributed by atoms with Crippen molar-refractivity contribution in [2.75, 3.05) is 12.5 Å². The highest BCUT2D eigenvalue weighted by atomic mass is 16.5. The Morgan fingerprint density at radius 1 is 1.64 bits per heavy atom. The predicted octanol–water partition coefficient (Wildman–Crippen LogP) is 0.630. The fourth-order valence-electron chi connectivity index (χ4n) is 1.01. The molecule has 72 valence electrons. The fraction of sp³-hybridized carbons (Fsp3) is 0.111. The lowest BCUT2D eigenvalue weighted by Crippen LogP contribution is -2.09. The Bertz CT molecular complexity index is 396. The van der Waals surface area contributed by atoms with Crippen molar-refractivity contribution >= 4 is 11.7 Å². The molecule has 14 heavy (non-hydrogen) atoms. The normalized spacial score (nSPS) is 8.93. The lowest BCUT2D eigenvalue weighted by atomic mass is 10.1. The van der Waals surface area contributed by atoms with Gasteiger partial charge in [-0.25, -0.2) is 4.79 Å². The first-order chi connectivity index (χ1) is 6.72. The smallest absolute Gasteiger partial charge is 0.339 e. The van der Waals surface area contributed by atoms with Gasteiger partial charge in [0.2, 0.25) is 0 Å². The Labute approximate surface area is 81.1 Å². The van der Waals surface area contributed by atoms with Crippen LogP contribution < -0.4 is 11.3 Å². The zero-order valence-corrected chi connectivity index (χ0v) is 7.57. The molecule has 0 amide bonds. The number of methoxy groups -OCH3 is 1. The summed E-state index contributed by atoms with van der Waals surface area (Å²) < 4.78 is 4.52. The summed E-state index contributed by atoms with van der Waals surface area (Å²) >= 11 is 0. The average Bonchev–Trinajstić information content (AvgIpc) is 2.27. The molecule has 5 nitrogen and oxygen atoms in total. The van der Waals surface area contributed by atoms with E-state index in [0.29, 0.717) is 5.69 Å². The second-order valence-electron chi connectivity index (χ2n) is 2.51. The maximum atomic E-state index is 11.2.